The Kier molecular flexibility index (Phi) is 3.77. The Bertz CT molecular complexity index is 545. The van der Waals surface area contributed by atoms with Crippen molar-refractivity contribution in [2.75, 3.05) is 7.11 Å². The number of aliphatic imine (C=N–C) groups is 1. The van der Waals surface area contributed by atoms with Gasteiger partial charge in [0, 0.05) is 25.0 Å². The quantitative estimate of drug-likeness (QED) is 0.774. The number of ether oxygens (including phenoxy) is 1. The number of benzene rings is 1. The molecule has 0 saturated heterocycles. The van der Waals surface area contributed by atoms with Crippen LogP contribution in [0, 0.1) is 0 Å². The Hall–Kier alpha value is -2.10. The van der Waals surface area contributed by atoms with Crippen molar-refractivity contribution < 1.29 is 4.74 Å². The molecule has 0 fully saturated rings. The molecule has 1 unspecified atom stereocenters. The molecule has 0 aliphatic rings. The lowest BCUT2D eigenvalue weighted by atomic mass is 10.1. The van der Waals surface area contributed by atoms with Crippen LogP contribution < -0.4 is 4.74 Å². The van der Waals surface area contributed by atoms with Crippen LogP contribution in [0.1, 0.15) is 24.2 Å². The van der Waals surface area contributed by atoms with Crippen molar-refractivity contribution in [1.29, 1.82) is 0 Å². The maximum Gasteiger partial charge on any atom is 0.124 e. The van der Waals surface area contributed by atoms with Crippen LogP contribution in [0.15, 0.2) is 41.5 Å². The normalized spacial score (nSPS) is 12.8. The fraction of sp³-hybridized carbons (Fsp3) is 0.286. The largest absolute Gasteiger partial charge is 0.496 e. The second-order valence-corrected chi connectivity index (χ2v) is 4.08. The van der Waals surface area contributed by atoms with Gasteiger partial charge in [0.2, 0.25) is 0 Å². The summed E-state index contributed by atoms with van der Waals surface area (Å²) in [5.74, 6) is 0.868. The van der Waals surface area contributed by atoms with E-state index in [0.717, 1.165) is 17.0 Å². The summed E-state index contributed by atoms with van der Waals surface area (Å²) >= 11 is 0. The molecule has 0 amide bonds. The van der Waals surface area contributed by atoms with E-state index < -0.39 is 0 Å². The van der Waals surface area contributed by atoms with Crippen molar-refractivity contribution in [1.82, 2.24) is 9.78 Å². The maximum absolute atomic E-state index is 5.34. The van der Waals surface area contributed by atoms with Crippen LogP contribution in [-0.2, 0) is 7.05 Å². The zero-order valence-electron chi connectivity index (χ0n) is 10.9. The lowest BCUT2D eigenvalue weighted by molar-refractivity contribution is 0.407. The van der Waals surface area contributed by atoms with Crippen LogP contribution in [0.2, 0.25) is 0 Å². The Balaban J connectivity index is 2.19. The number of aryl methyl sites for hydroxylation is 1. The van der Waals surface area contributed by atoms with E-state index >= 15 is 0 Å². The highest BCUT2D eigenvalue weighted by Crippen LogP contribution is 2.26. The van der Waals surface area contributed by atoms with Crippen molar-refractivity contribution in [2.24, 2.45) is 12.0 Å². The SMILES string of the molecule is COc1ccccc1C(C)N=Cc1ccnn1C. The van der Waals surface area contributed by atoms with E-state index in [4.69, 9.17) is 4.74 Å². The van der Waals surface area contributed by atoms with Crippen LogP contribution in [0.4, 0.5) is 0 Å². The van der Waals surface area contributed by atoms with Crippen molar-refractivity contribution in [3.05, 3.63) is 47.8 Å². The summed E-state index contributed by atoms with van der Waals surface area (Å²) in [4.78, 5) is 4.54. The van der Waals surface area contributed by atoms with Crippen molar-refractivity contribution in [2.45, 2.75) is 13.0 Å². The molecular weight excluding hydrogens is 226 g/mol. The van der Waals surface area contributed by atoms with Gasteiger partial charge in [0.15, 0.2) is 0 Å². The highest BCUT2D eigenvalue weighted by atomic mass is 16.5. The van der Waals surface area contributed by atoms with E-state index in [0.29, 0.717) is 0 Å². The monoisotopic (exact) mass is 243 g/mol. The molecule has 0 spiro atoms. The molecular formula is C14H17N3O. The predicted octanol–water partition coefficient (Wildman–Crippen LogP) is 2.61. The van der Waals surface area contributed by atoms with Crippen LogP contribution in [-0.4, -0.2) is 23.1 Å². The van der Waals surface area contributed by atoms with Crippen molar-refractivity contribution in [3.8, 4) is 5.75 Å². The molecule has 0 radical (unpaired) electrons. The summed E-state index contributed by atoms with van der Waals surface area (Å²) in [6.45, 7) is 2.05. The number of hydrogen-bond donors (Lipinski definition) is 0. The van der Waals surface area contributed by atoms with Gasteiger partial charge in [-0.2, -0.15) is 5.10 Å². The van der Waals surface area contributed by atoms with Crippen molar-refractivity contribution in [3.63, 3.8) is 0 Å². The molecule has 0 aliphatic heterocycles. The summed E-state index contributed by atoms with van der Waals surface area (Å²) in [7, 11) is 3.57. The lowest BCUT2D eigenvalue weighted by Gasteiger charge is -2.11. The molecule has 1 heterocycles. The summed E-state index contributed by atoms with van der Waals surface area (Å²) in [5, 5.41) is 4.10. The van der Waals surface area contributed by atoms with Gasteiger partial charge in [-0.15, -0.1) is 0 Å². The van der Waals surface area contributed by atoms with E-state index in [9.17, 15) is 0 Å². The lowest BCUT2D eigenvalue weighted by Crippen LogP contribution is -1.99. The summed E-state index contributed by atoms with van der Waals surface area (Å²) in [6.07, 6.45) is 3.60. The summed E-state index contributed by atoms with van der Waals surface area (Å²) in [5.41, 5.74) is 2.06. The minimum absolute atomic E-state index is 0.0519. The van der Waals surface area contributed by atoms with Crippen LogP contribution in [0.25, 0.3) is 0 Å². The molecule has 1 aromatic heterocycles. The van der Waals surface area contributed by atoms with Gasteiger partial charge in [-0.05, 0) is 19.1 Å². The van der Waals surface area contributed by atoms with E-state index in [1.54, 1.807) is 18.0 Å². The van der Waals surface area contributed by atoms with Crippen LogP contribution >= 0.6 is 0 Å². The number of rotatable bonds is 4. The Morgan fingerprint density at radius 1 is 1.33 bits per heavy atom. The molecule has 4 nitrogen and oxygen atoms in total. The van der Waals surface area contributed by atoms with Crippen LogP contribution in [0.3, 0.4) is 0 Å². The number of nitrogens with zero attached hydrogens (tertiary/aromatic N) is 3. The second-order valence-electron chi connectivity index (χ2n) is 4.08. The standard InChI is InChI=1S/C14H17N3O/c1-11(13-6-4-5-7-14(13)18-3)15-10-12-8-9-16-17(12)2/h4-11H,1-3H3. The topological polar surface area (TPSA) is 39.4 Å². The zero-order chi connectivity index (χ0) is 13.0. The minimum Gasteiger partial charge on any atom is -0.496 e. The Labute approximate surface area is 107 Å². The summed E-state index contributed by atoms with van der Waals surface area (Å²) in [6, 6.07) is 9.91. The molecule has 0 aliphatic carbocycles. The smallest absolute Gasteiger partial charge is 0.124 e. The minimum atomic E-state index is 0.0519. The van der Waals surface area contributed by atoms with E-state index in [-0.39, 0.29) is 6.04 Å². The highest BCUT2D eigenvalue weighted by Gasteiger charge is 2.08. The van der Waals surface area contributed by atoms with E-state index in [1.807, 2.05) is 50.5 Å². The molecule has 0 N–H and O–H groups in total. The zero-order valence-corrected chi connectivity index (χ0v) is 10.9. The molecule has 0 bridgehead atoms. The Morgan fingerprint density at radius 3 is 2.78 bits per heavy atom. The fourth-order valence-electron chi connectivity index (χ4n) is 1.79. The van der Waals surface area contributed by atoms with E-state index in [1.165, 1.54) is 0 Å². The second kappa shape index (κ2) is 5.49. The average molecular weight is 243 g/mol. The molecule has 0 saturated carbocycles. The molecule has 1 atom stereocenters. The maximum atomic E-state index is 5.34. The number of para-hydroxylation sites is 1. The van der Waals surface area contributed by atoms with E-state index in [2.05, 4.69) is 10.1 Å². The molecule has 94 valence electrons. The van der Waals surface area contributed by atoms with Crippen molar-refractivity contribution >= 4 is 6.21 Å². The summed E-state index contributed by atoms with van der Waals surface area (Å²) < 4.78 is 7.13. The molecule has 4 heteroatoms. The first-order valence-corrected chi connectivity index (χ1v) is 5.86. The third-order valence-electron chi connectivity index (χ3n) is 2.88. The third kappa shape index (κ3) is 2.59. The van der Waals surface area contributed by atoms with Gasteiger partial charge in [0.25, 0.3) is 0 Å². The molecule has 18 heavy (non-hydrogen) atoms. The van der Waals surface area contributed by atoms with Gasteiger partial charge in [-0.25, -0.2) is 0 Å². The van der Waals surface area contributed by atoms with Gasteiger partial charge in [-0.3, -0.25) is 9.67 Å². The first-order valence-electron chi connectivity index (χ1n) is 5.86. The van der Waals surface area contributed by atoms with Gasteiger partial charge in [-0.1, -0.05) is 18.2 Å². The number of aromatic nitrogens is 2. The molecule has 2 aromatic rings. The van der Waals surface area contributed by atoms with Gasteiger partial charge in [0.05, 0.1) is 18.8 Å². The number of methoxy groups -OCH3 is 1. The molecule has 1 aromatic carbocycles. The average Bonchev–Trinajstić information content (AvgIpc) is 2.81. The highest BCUT2D eigenvalue weighted by molar-refractivity contribution is 5.77. The fourth-order valence-corrected chi connectivity index (χ4v) is 1.79. The predicted molar refractivity (Wildman–Crippen MR) is 72.2 cm³/mol. The third-order valence-corrected chi connectivity index (χ3v) is 2.88. The molecule has 2 rings (SSSR count). The first-order chi connectivity index (χ1) is 8.72. The van der Waals surface area contributed by atoms with Gasteiger partial charge in [0.1, 0.15) is 5.75 Å². The van der Waals surface area contributed by atoms with Crippen LogP contribution in [0.5, 0.6) is 5.75 Å². The first kappa shape index (κ1) is 12.4. The Morgan fingerprint density at radius 2 is 2.11 bits per heavy atom. The number of hydrogen-bond acceptors (Lipinski definition) is 3. The van der Waals surface area contributed by atoms with Gasteiger partial charge < -0.3 is 4.74 Å². The van der Waals surface area contributed by atoms with Gasteiger partial charge >= 0.3 is 0 Å².